The van der Waals surface area contributed by atoms with Gasteiger partial charge < -0.3 is 5.32 Å². The summed E-state index contributed by atoms with van der Waals surface area (Å²) in [6, 6.07) is 0. The van der Waals surface area contributed by atoms with E-state index in [-0.39, 0.29) is 5.91 Å². The maximum atomic E-state index is 11.5. The van der Waals surface area contributed by atoms with Crippen LogP contribution in [0.5, 0.6) is 0 Å². The molecule has 0 saturated heterocycles. The maximum Gasteiger partial charge on any atom is 0.222 e. The van der Waals surface area contributed by atoms with Crippen LogP contribution in [-0.2, 0) is 4.79 Å². The van der Waals surface area contributed by atoms with E-state index in [1.165, 1.54) is 32.1 Å². The minimum absolute atomic E-state index is 0.272. The average Bonchev–Trinajstić information content (AvgIpc) is 2.27. The topological polar surface area (TPSA) is 29.1 Å². The molecule has 2 fully saturated rings. The van der Waals surface area contributed by atoms with Crippen molar-refractivity contribution < 1.29 is 4.79 Å². The zero-order chi connectivity index (χ0) is 9.97. The van der Waals surface area contributed by atoms with Crippen LogP contribution in [0.3, 0.4) is 0 Å². The van der Waals surface area contributed by atoms with Crippen LogP contribution in [0, 0.1) is 17.8 Å². The van der Waals surface area contributed by atoms with Crippen LogP contribution >= 0.6 is 0 Å². The lowest BCUT2D eigenvalue weighted by Crippen LogP contribution is -2.35. The Hall–Kier alpha value is -0.530. The van der Waals surface area contributed by atoms with Crippen molar-refractivity contribution in [3.05, 3.63) is 0 Å². The second-order valence-electron chi connectivity index (χ2n) is 4.93. The average molecular weight is 195 g/mol. The Bertz CT molecular complexity index is 214. The highest BCUT2D eigenvalue weighted by atomic mass is 16.1. The number of carbonyl (C=O) groups excluding carboxylic acids is 1. The standard InChI is InChI=1S/C12H21NO/c1-13-12(14)11-7-6-9-4-2-3-5-10(9)8-11/h9-11H,2-8H2,1H3,(H,13,14). The summed E-state index contributed by atoms with van der Waals surface area (Å²) in [5, 5.41) is 2.79. The molecule has 2 heteroatoms. The van der Waals surface area contributed by atoms with Gasteiger partial charge in [-0.05, 0) is 31.1 Å². The molecule has 0 aromatic carbocycles. The zero-order valence-corrected chi connectivity index (χ0v) is 9.09. The number of hydrogen-bond donors (Lipinski definition) is 1. The van der Waals surface area contributed by atoms with Crippen molar-refractivity contribution in [3.8, 4) is 0 Å². The Labute approximate surface area is 86.5 Å². The molecule has 2 rings (SSSR count). The molecule has 2 nitrogen and oxygen atoms in total. The molecule has 2 aliphatic rings. The van der Waals surface area contributed by atoms with Crippen molar-refractivity contribution >= 4 is 5.91 Å². The van der Waals surface area contributed by atoms with Crippen LogP contribution in [0.2, 0.25) is 0 Å². The highest BCUT2D eigenvalue weighted by Crippen LogP contribution is 2.42. The fourth-order valence-electron chi connectivity index (χ4n) is 3.32. The minimum atomic E-state index is 0.272. The molecule has 1 amide bonds. The van der Waals surface area contributed by atoms with Crippen molar-refractivity contribution in [2.75, 3.05) is 7.05 Å². The van der Waals surface area contributed by atoms with Gasteiger partial charge in [0, 0.05) is 13.0 Å². The highest BCUT2D eigenvalue weighted by Gasteiger charge is 2.34. The summed E-state index contributed by atoms with van der Waals surface area (Å²) in [6.45, 7) is 0. The Balaban J connectivity index is 1.92. The molecule has 0 aromatic heterocycles. The van der Waals surface area contributed by atoms with Crippen molar-refractivity contribution in [1.29, 1.82) is 0 Å². The second kappa shape index (κ2) is 4.33. The van der Waals surface area contributed by atoms with Gasteiger partial charge in [0.2, 0.25) is 5.91 Å². The summed E-state index contributed by atoms with van der Waals surface area (Å²) >= 11 is 0. The fourth-order valence-corrected chi connectivity index (χ4v) is 3.32. The Morgan fingerprint density at radius 2 is 1.79 bits per heavy atom. The predicted octanol–water partition coefficient (Wildman–Crippen LogP) is 2.34. The van der Waals surface area contributed by atoms with Gasteiger partial charge >= 0.3 is 0 Å². The molecular formula is C12H21NO. The van der Waals surface area contributed by atoms with Crippen LogP contribution < -0.4 is 5.32 Å². The molecule has 0 spiro atoms. The molecule has 14 heavy (non-hydrogen) atoms. The lowest BCUT2D eigenvalue weighted by molar-refractivity contribution is -0.126. The van der Waals surface area contributed by atoms with Crippen LogP contribution in [0.4, 0.5) is 0 Å². The number of rotatable bonds is 1. The normalized spacial score (nSPS) is 37.4. The number of fused-ring (bicyclic) bond motifs is 1. The molecule has 80 valence electrons. The lowest BCUT2D eigenvalue weighted by atomic mass is 9.67. The fraction of sp³-hybridized carbons (Fsp3) is 0.917. The number of amides is 1. The van der Waals surface area contributed by atoms with E-state index in [9.17, 15) is 4.79 Å². The summed E-state index contributed by atoms with van der Waals surface area (Å²) in [6.07, 6.45) is 9.19. The van der Waals surface area contributed by atoms with Crippen LogP contribution in [0.25, 0.3) is 0 Å². The Kier molecular flexibility index (Phi) is 3.09. The van der Waals surface area contributed by atoms with Gasteiger partial charge in [-0.1, -0.05) is 25.7 Å². The SMILES string of the molecule is CNC(=O)C1CCC2CCCCC2C1. The van der Waals surface area contributed by atoms with Gasteiger partial charge in [-0.2, -0.15) is 0 Å². The van der Waals surface area contributed by atoms with Gasteiger partial charge in [-0.15, -0.1) is 0 Å². The van der Waals surface area contributed by atoms with Gasteiger partial charge in [0.25, 0.3) is 0 Å². The van der Waals surface area contributed by atoms with E-state index in [0.29, 0.717) is 5.92 Å². The molecule has 2 aliphatic carbocycles. The van der Waals surface area contributed by atoms with E-state index in [1.54, 1.807) is 7.05 Å². The van der Waals surface area contributed by atoms with Gasteiger partial charge in [-0.3, -0.25) is 4.79 Å². The molecule has 3 unspecified atom stereocenters. The van der Waals surface area contributed by atoms with Crippen molar-refractivity contribution in [2.45, 2.75) is 44.9 Å². The maximum absolute atomic E-state index is 11.5. The first-order chi connectivity index (χ1) is 6.81. The van der Waals surface area contributed by atoms with Gasteiger partial charge in [0.05, 0.1) is 0 Å². The van der Waals surface area contributed by atoms with E-state index in [2.05, 4.69) is 5.32 Å². The third-order valence-electron chi connectivity index (χ3n) is 4.16. The first-order valence-electron chi connectivity index (χ1n) is 6.03. The molecular weight excluding hydrogens is 174 g/mol. The molecule has 0 aliphatic heterocycles. The summed E-state index contributed by atoms with van der Waals surface area (Å²) in [4.78, 5) is 11.5. The lowest BCUT2D eigenvalue weighted by Gasteiger charge is -2.38. The molecule has 0 radical (unpaired) electrons. The number of hydrogen-bond acceptors (Lipinski definition) is 1. The number of nitrogens with one attached hydrogen (secondary N) is 1. The van der Waals surface area contributed by atoms with Crippen LogP contribution in [0.15, 0.2) is 0 Å². The Morgan fingerprint density at radius 3 is 2.50 bits per heavy atom. The Morgan fingerprint density at radius 1 is 1.07 bits per heavy atom. The third kappa shape index (κ3) is 1.94. The summed E-state index contributed by atoms with van der Waals surface area (Å²) in [7, 11) is 1.76. The minimum Gasteiger partial charge on any atom is -0.359 e. The summed E-state index contributed by atoms with van der Waals surface area (Å²) in [5.74, 6) is 2.40. The van der Waals surface area contributed by atoms with Crippen LogP contribution in [-0.4, -0.2) is 13.0 Å². The quantitative estimate of drug-likeness (QED) is 0.683. The van der Waals surface area contributed by atoms with E-state index >= 15 is 0 Å². The first kappa shape index (κ1) is 10.0. The van der Waals surface area contributed by atoms with Crippen molar-refractivity contribution in [3.63, 3.8) is 0 Å². The van der Waals surface area contributed by atoms with Crippen molar-refractivity contribution in [1.82, 2.24) is 5.32 Å². The zero-order valence-electron chi connectivity index (χ0n) is 9.09. The summed E-state index contributed by atoms with van der Waals surface area (Å²) in [5.41, 5.74) is 0. The smallest absolute Gasteiger partial charge is 0.222 e. The van der Waals surface area contributed by atoms with Gasteiger partial charge in [-0.25, -0.2) is 0 Å². The second-order valence-corrected chi connectivity index (χ2v) is 4.93. The van der Waals surface area contributed by atoms with E-state index in [0.717, 1.165) is 24.7 Å². The van der Waals surface area contributed by atoms with Crippen molar-refractivity contribution in [2.24, 2.45) is 17.8 Å². The van der Waals surface area contributed by atoms with E-state index in [1.807, 2.05) is 0 Å². The molecule has 0 aromatic rings. The van der Waals surface area contributed by atoms with E-state index < -0.39 is 0 Å². The molecule has 3 atom stereocenters. The largest absolute Gasteiger partial charge is 0.359 e. The van der Waals surface area contributed by atoms with Gasteiger partial charge in [0.1, 0.15) is 0 Å². The molecule has 0 heterocycles. The first-order valence-corrected chi connectivity index (χ1v) is 6.03. The molecule has 1 N–H and O–H groups in total. The monoisotopic (exact) mass is 195 g/mol. The van der Waals surface area contributed by atoms with Gasteiger partial charge in [0.15, 0.2) is 0 Å². The number of carbonyl (C=O) groups is 1. The predicted molar refractivity (Wildman–Crippen MR) is 56.9 cm³/mol. The molecule has 2 saturated carbocycles. The summed E-state index contributed by atoms with van der Waals surface area (Å²) < 4.78 is 0. The third-order valence-corrected chi connectivity index (χ3v) is 4.16. The van der Waals surface area contributed by atoms with E-state index in [4.69, 9.17) is 0 Å². The highest BCUT2D eigenvalue weighted by molar-refractivity contribution is 5.78. The van der Waals surface area contributed by atoms with Crippen LogP contribution in [0.1, 0.15) is 44.9 Å². The molecule has 0 bridgehead atoms.